The summed E-state index contributed by atoms with van der Waals surface area (Å²) in [5, 5.41) is 13.0. The number of alkyl halides is 3. The molecule has 2 heterocycles. The van der Waals surface area contributed by atoms with Crippen molar-refractivity contribution in [2.24, 2.45) is 5.73 Å². The van der Waals surface area contributed by atoms with Gasteiger partial charge in [0.25, 0.3) is 5.91 Å². The van der Waals surface area contributed by atoms with Crippen molar-refractivity contribution in [2.45, 2.75) is 83.1 Å². The molecule has 0 bridgehead atoms. The number of carboxylic acids is 1. The lowest BCUT2D eigenvalue weighted by molar-refractivity contribution is -0.138. The summed E-state index contributed by atoms with van der Waals surface area (Å²) in [7, 11) is -1.52. The average molecular weight is 1050 g/mol. The molecule has 1 aliphatic heterocycles. The van der Waals surface area contributed by atoms with Gasteiger partial charge in [0.2, 0.25) is 11.8 Å². The molecule has 5 rings (SSSR count). The molecule has 0 radical (unpaired) electrons. The summed E-state index contributed by atoms with van der Waals surface area (Å²) >= 11 is 29.1. The molecular formula is C45H57Cl5N5O11P. The van der Waals surface area contributed by atoms with Crippen LogP contribution in [0.2, 0.25) is 10.0 Å². The Hall–Kier alpha value is -4.27. The largest absolute Gasteiger partial charge is 0.489 e. The number of aliphatic carboxylic acids is 1. The summed E-state index contributed by atoms with van der Waals surface area (Å²) < 4.78 is 32.9. The van der Waals surface area contributed by atoms with Gasteiger partial charge in [0.1, 0.15) is 43.4 Å². The molecule has 22 heteroatoms. The summed E-state index contributed by atoms with van der Waals surface area (Å²) in [6, 6.07) is 15.3. The summed E-state index contributed by atoms with van der Waals surface area (Å²) in [6.07, 6.45) is 6.90. The lowest BCUT2D eigenvalue weighted by Crippen LogP contribution is -2.47. The molecule has 67 heavy (non-hydrogen) atoms. The molecule has 0 spiro atoms. The standard InChI is InChI=1S/C15H14Cl2N2O3.C14H20ClNO2.C11H11Cl2NO2.C5H12NO4P/c1-5-6-21-12-8-11(9(16)7-10(12)17)19-14(20)22-13(18-19)15(2,3)4;1-4-11-7-6-8-12(5-2)14(11)16(10-18-3)13(17)9-15;1-7-6-16-9-5-3-2-4-8(9)14(7)11(15)10(12)13;1-11(9,10)3-2-4(6)5(7)8/h1,7-8H,6H2,2-4H3;6-8H,4-5,9-10H2,1-3H3;2-5,7,10H,6H2,1H3;4H,2-3,6H2,1H3,(H,7,8)(H,9,10). The Morgan fingerprint density at radius 1 is 1.06 bits per heavy atom. The Kier molecular flexibility index (Phi) is 24.3. The van der Waals surface area contributed by atoms with Crippen LogP contribution in [0.4, 0.5) is 11.4 Å². The Labute approximate surface area is 415 Å². The van der Waals surface area contributed by atoms with Gasteiger partial charge in [-0.1, -0.05) is 117 Å². The van der Waals surface area contributed by atoms with Gasteiger partial charge in [-0.3, -0.25) is 23.8 Å². The number of nitrogens with two attached hydrogens (primary N) is 1. The first-order chi connectivity index (χ1) is 31.4. The van der Waals surface area contributed by atoms with Crippen molar-refractivity contribution in [2.75, 3.05) is 55.6 Å². The van der Waals surface area contributed by atoms with Crippen molar-refractivity contribution in [3.8, 4) is 29.5 Å². The third kappa shape index (κ3) is 18.0. The van der Waals surface area contributed by atoms with Gasteiger partial charge in [-0.15, -0.1) is 23.1 Å². The number of methoxy groups -OCH3 is 1. The number of terminal acetylenes is 1. The normalized spacial score (nSPS) is 14.2. The molecule has 4 aromatic rings. The highest BCUT2D eigenvalue weighted by atomic mass is 35.5. The maximum absolute atomic E-state index is 12.0. The van der Waals surface area contributed by atoms with Gasteiger partial charge in [0.05, 0.1) is 33.1 Å². The van der Waals surface area contributed by atoms with Gasteiger partial charge in [-0.2, -0.15) is 4.68 Å². The van der Waals surface area contributed by atoms with Crippen molar-refractivity contribution in [3.63, 3.8) is 0 Å². The highest BCUT2D eigenvalue weighted by Crippen LogP contribution is 2.37. The summed E-state index contributed by atoms with van der Waals surface area (Å²) in [4.78, 5) is 56.9. The van der Waals surface area contributed by atoms with E-state index in [1.165, 1.54) is 18.8 Å². The number of rotatable bonds is 14. The first-order valence-electron chi connectivity index (χ1n) is 20.6. The third-order valence-electron chi connectivity index (χ3n) is 9.28. The molecule has 0 aliphatic carbocycles. The Bertz CT molecular complexity index is 2410. The number of fused-ring (bicyclic) bond motifs is 1. The highest BCUT2D eigenvalue weighted by molar-refractivity contribution is 7.57. The number of carbonyl (C=O) groups is 3. The van der Waals surface area contributed by atoms with Gasteiger partial charge in [0.15, 0.2) is 12.2 Å². The molecule has 368 valence electrons. The van der Waals surface area contributed by atoms with Crippen molar-refractivity contribution in [1.29, 1.82) is 0 Å². The third-order valence-corrected chi connectivity index (χ3v) is 11.6. The zero-order valence-electron chi connectivity index (χ0n) is 38.4. The van der Waals surface area contributed by atoms with Crippen molar-refractivity contribution < 1.29 is 47.6 Å². The van der Waals surface area contributed by atoms with Crippen LogP contribution >= 0.6 is 65.4 Å². The number of ether oxygens (including phenoxy) is 3. The van der Waals surface area contributed by atoms with E-state index in [0.29, 0.717) is 29.7 Å². The van der Waals surface area contributed by atoms with E-state index in [4.69, 9.17) is 98.8 Å². The first kappa shape index (κ1) is 58.9. The van der Waals surface area contributed by atoms with Crippen LogP contribution in [0.3, 0.4) is 0 Å². The zero-order valence-corrected chi connectivity index (χ0v) is 43.1. The number of hydrogen-bond donors (Lipinski definition) is 3. The van der Waals surface area contributed by atoms with Crippen LogP contribution in [-0.4, -0.2) is 100 Å². The molecule has 3 unspecified atom stereocenters. The molecule has 4 N–H and O–H groups in total. The fourth-order valence-corrected chi connectivity index (χ4v) is 7.54. The fourth-order valence-electron chi connectivity index (χ4n) is 5.91. The number of carboxylic acid groups (broad SMARTS) is 1. The number of amides is 2. The van der Waals surface area contributed by atoms with Gasteiger partial charge in [-0.05, 0) is 55.5 Å². The van der Waals surface area contributed by atoms with E-state index in [2.05, 4.69) is 24.9 Å². The van der Waals surface area contributed by atoms with Crippen LogP contribution in [0.5, 0.6) is 11.5 Å². The van der Waals surface area contributed by atoms with E-state index < -0.39 is 35.4 Å². The highest BCUT2D eigenvalue weighted by Gasteiger charge is 2.32. The van der Waals surface area contributed by atoms with Crippen LogP contribution in [0.15, 0.2) is 63.8 Å². The topological polar surface area (TPSA) is 217 Å². The molecule has 0 saturated heterocycles. The molecular weight excluding hydrogens is 995 g/mol. The van der Waals surface area contributed by atoms with Crippen molar-refractivity contribution >= 4 is 94.5 Å². The minimum atomic E-state index is -3.10. The van der Waals surface area contributed by atoms with E-state index in [1.807, 2.05) is 70.2 Å². The van der Waals surface area contributed by atoms with E-state index in [9.17, 15) is 23.7 Å². The summed E-state index contributed by atoms with van der Waals surface area (Å²) in [5.74, 6) is 1.37. The number of halogens is 5. The maximum atomic E-state index is 12.0. The second-order valence-electron chi connectivity index (χ2n) is 15.7. The Morgan fingerprint density at radius 2 is 1.67 bits per heavy atom. The number of aryl methyl sites for hydroxylation is 2. The van der Waals surface area contributed by atoms with Crippen LogP contribution in [0.25, 0.3) is 5.69 Å². The SMILES string of the molecule is C#CCOc1cc(-n2nc(C(C)(C)C)oc2=O)c(Cl)cc1Cl.CC1COc2ccccc2N1C(=O)C(Cl)Cl.CCc1cccc(CC)c1N(COC)C(=O)CCl.CP(=O)(O)CCC(N)C(=O)O. The number of aromatic nitrogens is 2. The van der Waals surface area contributed by atoms with Crippen molar-refractivity contribution in [3.05, 3.63) is 92.2 Å². The maximum Gasteiger partial charge on any atom is 0.442 e. The van der Waals surface area contributed by atoms with E-state index in [-0.39, 0.29) is 59.7 Å². The molecule has 2 amide bonds. The second-order valence-corrected chi connectivity index (χ2v) is 20.4. The van der Waals surface area contributed by atoms with Crippen LogP contribution in [-0.2, 0) is 41.9 Å². The molecule has 3 aromatic carbocycles. The number of carbonyl (C=O) groups excluding carboxylic acids is 2. The zero-order chi connectivity index (χ0) is 50.8. The number of anilines is 2. The number of hydrogen-bond acceptors (Lipinski definition) is 11. The lowest BCUT2D eigenvalue weighted by Gasteiger charge is -2.35. The number of benzene rings is 3. The molecule has 0 saturated carbocycles. The van der Waals surface area contributed by atoms with Gasteiger partial charge >= 0.3 is 11.7 Å². The lowest BCUT2D eigenvalue weighted by atomic mass is 9.97. The minimum Gasteiger partial charge on any atom is -0.489 e. The predicted molar refractivity (Wildman–Crippen MR) is 266 cm³/mol. The Morgan fingerprint density at radius 3 is 2.16 bits per heavy atom. The number of para-hydroxylation sites is 3. The quantitative estimate of drug-likeness (QED) is 0.0467. The smallest absolute Gasteiger partial charge is 0.442 e. The second kappa shape index (κ2) is 27.7. The fraction of sp³-hybridized carbons (Fsp3) is 0.444. The molecule has 1 aromatic heterocycles. The predicted octanol–water partition coefficient (Wildman–Crippen LogP) is 8.72. The van der Waals surface area contributed by atoms with Crippen molar-refractivity contribution in [1.82, 2.24) is 9.78 Å². The summed E-state index contributed by atoms with van der Waals surface area (Å²) in [5.41, 5.74) is 8.95. The van der Waals surface area contributed by atoms with Gasteiger partial charge in [0, 0.05) is 31.4 Å². The summed E-state index contributed by atoms with van der Waals surface area (Å²) in [6.45, 7) is 13.6. The van der Waals surface area contributed by atoms with Crippen LogP contribution < -0.4 is 30.8 Å². The number of nitrogens with zero attached hydrogens (tertiary/aromatic N) is 4. The van der Waals surface area contributed by atoms with E-state index >= 15 is 0 Å². The molecule has 16 nitrogen and oxygen atoms in total. The average Bonchev–Trinajstić information content (AvgIpc) is 3.68. The minimum absolute atomic E-state index is 0.0371. The molecule has 3 atom stereocenters. The van der Waals surface area contributed by atoms with E-state index in [1.54, 1.807) is 16.9 Å². The van der Waals surface area contributed by atoms with Crippen LogP contribution in [0, 0.1) is 12.3 Å². The van der Waals surface area contributed by atoms with Crippen LogP contribution in [0.1, 0.15) is 65.0 Å². The van der Waals surface area contributed by atoms with Gasteiger partial charge < -0.3 is 39.3 Å². The monoisotopic (exact) mass is 1050 g/mol. The van der Waals surface area contributed by atoms with Gasteiger partial charge in [-0.25, -0.2) is 4.79 Å². The first-order valence-corrected chi connectivity index (χ1v) is 25.1. The molecule has 0 fully saturated rings. The molecule has 1 aliphatic rings. The Balaban J connectivity index is 0.000000315. The van der Waals surface area contributed by atoms with E-state index in [0.717, 1.165) is 40.0 Å².